The Labute approximate surface area is 115 Å². The highest BCUT2D eigenvalue weighted by Gasteiger charge is 2.00. The van der Waals surface area contributed by atoms with Gasteiger partial charge in [-0.2, -0.15) is 0 Å². The van der Waals surface area contributed by atoms with Crippen molar-refractivity contribution < 1.29 is 4.39 Å². The third-order valence-electron chi connectivity index (χ3n) is 2.22. The Kier molecular flexibility index (Phi) is 5.85. The standard InChI is InChI=1S/C13H17BrFN3/c1-9(2)8-18-13(16)17-6-5-10-3-4-12(15)11(14)7-10/h3-4,7H,1,5-6,8H2,2H3,(H3,16,17,18). The SMILES string of the molecule is C=C(C)CN=C(N)NCCc1ccc(F)c(Br)c1. The molecule has 1 rings (SSSR count). The second-order valence-corrected chi connectivity index (χ2v) is 4.94. The normalized spacial score (nSPS) is 11.4. The molecule has 18 heavy (non-hydrogen) atoms. The third-order valence-corrected chi connectivity index (χ3v) is 2.83. The molecule has 1 aromatic carbocycles. The maximum atomic E-state index is 13.0. The molecule has 0 aliphatic carbocycles. The van der Waals surface area contributed by atoms with Crippen LogP contribution in [0.5, 0.6) is 0 Å². The van der Waals surface area contributed by atoms with E-state index in [0.717, 1.165) is 17.6 Å². The van der Waals surface area contributed by atoms with Crippen molar-refractivity contribution in [2.45, 2.75) is 13.3 Å². The summed E-state index contributed by atoms with van der Waals surface area (Å²) in [7, 11) is 0. The lowest BCUT2D eigenvalue weighted by atomic mass is 10.1. The summed E-state index contributed by atoms with van der Waals surface area (Å²) in [6.45, 7) is 6.82. The van der Waals surface area contributed by atoms with Crippen LogP contribution in [-0.2, 0) is 6.42 Å². The Bertz CT molecular complexity index is 458. The quantitative estimate of drug-likeness (QED) is 0.499. The van der Waals surface area contributed by atoms with Crippen LogP contribution in [0.3, 0.4) is 0 Å². The van der Waals surface area contributed by atoms with E-state index >= 15 is 0 Å². The number of nitrogens with one attached hydrogen (secondary N) is 1. The smallest absolute Gasteiger partial charge is 0.188 e. The molecule has 0 aliphatic heterocycles. The van der Waals surface area contributed by atoms with Crippen LogP contribution in [-0.4, -0.2) is 19.0 Å². The summed E-state index contributed by atoms with van der Waals surface area (Å²) in [5.74, 6) is 0.147. The van der Waals surface area contributed by atoms with Gasteiger partial charge >= 0.3 is 0 Å². The second-order valence-electron chi connectivity index (χ2n) is 4.08. The summed E-state index contributed by atoms with van der Waals surface area (Å²) in [6.07, 6.45) is 0.752. The third kappa shape index (κ3) is 5.31. The fourth-order valence-electron chi connectivity index (χ4n) is 1.31. The number of hydrogen-bond acceptors (Lipinski definition) is 1. The Morgan fingerprint density at radius 2 is 2.28 bits per heavy atom. The molecule has 3 N–H and O–H groups in total. The number of nitrogens with two attached hydrogens (primary N) is 1. The lowest BCUT2D eigenvalue weighted by Gasteiger charge is -2.06. The maximum Gasteiger partial charge on any atom is 0.188 e. The minimum absolute atomic E-state index is 0.255. The number of guanidine groups is 1. The van der Waals surface area contributed by atoms with Crippen molar-refractivity contribution >= 4 is 21.9 Å². The fourth-order valence-corrected chi connectivity index (χ4v) is 1.73. The maximum absolute atomic E-state index is 13.0. The first kappa shape index (κ1) is 14.7. The molecule has 0 unspecified atom stereocenters. The summed E-state index contributed by atoms with van der Waals surface area (Å²) < 4.78 is 13.5. The second kappa shape index (κ2) is 7.16. The summed E-state index contributed by atoms with van der Waals surface area (Å²) in [4.78, 5) is 4.10. The molecule has 0 amide bonds. The minimum atomic E-state index is -0.255. The zero-order valence-electron chi connectivity index (χ0n) is 10.3. The minimum Gasteiger partial charge on any atom is -0.370 e. The average molecular weight is 314 g/mol. The predicted octanol–water partition coefficient (Wildman–Crippen LogP) is 2.61. The zero-order valence-corrected chi connectivity index (χ0v) is 11.9. The molecular formula is C13H17BrFN3. The van der Waals surface area contributed by atoms with Gasteiger partial charge < -0.3 is 11.1 Å². The van der Waals surface area contributed by atoms with Gasteiger partial charge in [0.15, 0.2) is 5.96 Å². The van der Waals surface area contributed by atoms with Crippen LogP contribution >= 0.6 is 15.9 Å². The predicted molar refractivity (Wildman–Crippen MR) is 77.1 cm³/mol. The highest BCUT2D eigenvalue weighted by molar-refractivity contribution is 9.10. The van der Waals surface area contributed by atoms with Crippen LogP contribution < -0.4 is 11.1 Å². The van der Waals surface area contributed by atoms with E-state index in [1.54, 1.807) is 12.1 Å². The molecule has 0 saturated carbocycles. The van der Waals surface area contributed by atoms with E-state index in [9.17, 15) is 4.39 Å². The Balaban J connectivity index is 2.39. The van der Waals surface area contributed by atoms with Crippen LogP contribution in [0.25, 0.3) is 0 Å². The lowest BCUT2D eigenvalue weighted by molar-refractivity contribution is 0.620. The van der Waals surface area contributed by atoms with E-state index < -0.39 is 0 Å². The molecule has 0 bridgehead atoms. The summed E-state index contributed by atoms with van der Waals surface area (Å²) in [5, 5.41) is 3.00. The van der Waals surface area contributed by atoms with Crippen LogP contribution in [0.1, 0.15) is 12.5 Å². The molecule has 0 spiro atoms. The van der Waals surface area contributed by atoms with Crippen LogP contribution in [0.4, 0.5) is 4.39 Å². The summed E-state index contributed by atoms with van der Waals surface area (Å²) in [5.41, 5.74) is 7.66. The van der Waals surface area contributed by atoms with Crippen molar-refractivity contribution in [1.82, 2.24) is 5.32 Å². The molecule has 0 aromatic heterocycles. The Hall–Kier alpha value is -1.36. The van der Waals surface area contributed by atoms with Gasteiger partial charge in [-0.3, -0.25) is 0 Å². The topological polar surface area (TPSA) is 50.4 Å². The van der Waals surface area contributed by atoms with E-state index in [1.807, 2.05) is 6.92 Å². The number of nitrogens with zero attached hydrogens (tertiary/aromatic N) is 1. The van der Waals surface area contributed by atoms with E-state index in [1.165, 1.54) is 6.07 Å². The number of halogens is 2. The van der Waals surface area contributed by atoms with Crippen molar-refractivity contribution in [3.8, 4) is 0 Å². The van der Waals surface area contributed by atoms with Gasteiger partial charge in [-0.1, -0.05) is 18.2 Å². The molecule has 1 aromatic rings. The molecule has 0 atom stereocenters. The largest absolute Gasteiger partial charge is 0.370 e. The van der Waals surface area contributed by atoms with Crippen molar-refractivity contribution in [2.24, 2.45) is 10.7 Å². The molecular weight excluding hydrogens is 297 g/mol. The van der Waals surface area contributed by atoms with E-state index in [0.29, 0.717) is 23.5 Å². The van der Waals surface area contributed by atoms with Crippen LogP contribution in [0.2, 0.25) is 0 Å². The Morgan fingerprint density at radius 3 is 2.89 bits per heavy atom. The highest BCUT2D eigenvalue weighted by atomic mass is 79.9. The van der Waals surface area contributed by atoms with Crippen LogP contribution in [0.15, 0.2) is 39.8 Å². The van der Waals surface area contributed by atoms with Gasteiger partial charge in [0.2, 0.25) is 0 Å². The molecule has 0 radical (unpaired) electrons. The highest BCUT2D eigenvalue weighted by Crippen LogP contribution is 2.16. The van der Waals surface area contributed by atoms with Gasteiger partial charge in [-0.05, 0) is 47.0 Å². The Morgan fingerprint density at radius 1 is 1.56 bits per heavy atom. The number of hydrogen-bond donors (Lipinski definition) is 2. The molecule has 0 aliphatic rings. The van der Waals surface area contributed by atoms with Gasteiger partial charge in [-0.15, -0.1) is 0 Å². The summed E-state index contributed by atoms with van der Waals surface area (Å²) in [6, 6.07) is 4.96. The van der Waals surface area contributed by atoms with Gasteiger partial charge in [-0.25, -0.2) is 9.38 Å². The van der Waals surface area contributed by atoms with E-state index in [4.69, 9.17) is 5.73 Å². The van der Waals surface area contributed by atoms with Crippen LogP contribution in [0, 0.1) is 5.82 Å². The first-order valence-electron chi connectivity index (χ1n) is 5.61. The number of benzene rings is 1. The number of aliphatic imine (C=N–C) groups is 1. The lowest BCUT2D eigenvalue weighted by Crippen LogP contribution is -2.33. The molecule has 0 fully saturated rings. The zero-order chi connectivity index (χ0) is 13.5. The fraction of sp³-hybridized carbons (Fsp3) is 0.308. The van der Waals surface area contributed by atoms with Crippen molar-refractivity contribution in [2.75, 3.05) is 13.1 Å². The van der Waals surface area contributed by atoms with Gasteiger partial charge in [0.05, 0.1) is 11.0 Å². The van der Waals surface area contributed by atoms with Crippen molar-refractivity contribution in [3.05, 3.63) is 46.2 Å². The van der Waals surface area contributed by atoms with E-state index in [2.05, 4.69) is 32.8 Å². The molecule has 3 nitrogen and oxygen atoms in total. The first-order valence-corrected chi connectivity index (χ1v) is 6.40. The van der Waals surface area contributed by atoms with Crippen molar-refractivity contribution in [3.63, 3.8) is 0 Å². The van der Waals surface area contributed by atoms with Gasteiger partial charge in [0.1, 0.15) is 5.82 Å². The van der Waals surface area contributed by atoms with E-state index in [-0.39, 0.29) is 5.82 Å². The molecule has 98 valence electrons. The first-order chi connectivity index (χ1) is 8.49. The van der Waals surface area contributed by atoms with Crippen molar-refractivity contribution in [1.29, 1.82) is 0 Å². The molecule has 0 saturated heterocycles. The summed E-state index contributed by atoms with van der Waals surface area (Å²) >= 11 is 3.15. The number of rotatable bonds is 5. The van der Waals surface area contributed by atoms with Gasteiger partial charge in [0, 0.05) is 6.54 Å². The molecule has 0 heterocycles. The molecule has 5 heteroatoms. The van der Waals surface area contributed by atoms with Gasteiger partial charge in [0.25, 0.3) is 0 Å². The average Bonchev–Trinajstić information content (AvgIpc) is 2.31. The monoisotopic (exact) mass is 313 g/mol.